The molecule has 0 aromatic heterocycles. The Morgan fingerprint density at radius 3 is 2.11 bits per heavy atom. The Kier molecular flexibility index (Phi) is 7.57. The number of quaternary nitrogens is 1. The molecule has 0 saturated carbocycles. The van der Waals surface area contributed by atoms with Crippen molar-refractivity contribution in [3.8, 4) is 0 Å². The van der Waals surface area contributed by atoms with Crippen LogP contribution in [0.15, 0.2) is 36.4 Å². The van der Waals surface area contributed by atoms with Crippen molar-refractivity contribution in [3.63, 3.8) is 0 Å². The largest absolute Gasteiger partial charge is 0.321 e. The van der Waals surface area contributed by atoms with E-state index in [1.807, 2.05) is 26.0 Å². The number of rotatable bonds is 8. The van der Waals surface area contributed by atoms with Crippen molar-refractivity contribution in [2.75, 3.05) is 30.3 Å². The summed E-state index contributed by atoms with van der Waals surface area (Å²) in [5.74, 6) is -5.30. The number of hydrogen-bond acceptors (Lipinski definition) is 2. The molecule has 0 aliphatic carbocycles. The third kappa shape index (κ3) is 6.09. The van der Waals surface area contributed by atoms with Gasteiger partial charge >= 0.3 is 0 Å². The van der Waals surface area contributed by atoms with E-state index in [4.69, 9.17) is 0 Å². The average Bonchev–Trinajstić information content (AvgIpc) is 2.64. The topological polar surface area (TPSA) is 62.6 Å². The molecule has 0 fully saturated rings. The summed E-state index contributed by atoms with van der Waals surface area (Å²) in [6, 6.07) is 9.00. The van der Waals surface area contributed by atoms with Crippen LogP contribution in [-0.2, 0) is 9.59 Å². The maximum atomic E-state index is 13.7. The zero-order chi connectivity index (χ0) is 20.7. The van der Waals surface area contributed by atoms with Crippen molar-refractivity contribution in [1.29, 1.82) is 0 Å². The molecule has 8 heteroatoms. The molecule has 0 spiro atoms. The number of hydrogen-bond donors (Lipinski definition) is 3. The number of aryl methyl sites for hydroxylation is 1. The number of halogens is 3. The lowest BCUT2D eigenvalue weighted by atomic mass is 10.2. The van der Waals surface area contributed by atoms with Crippen LogP contribution in [0.4, 0.5) is 24.5 Å². The molecule has 0 bridgehead atoms. The zero-order valence-corrected chi connectivity index (χ0v) is 15.7. The van der Waals surface area contributed by atoms with Crippen LogP contribution in [0.3, 0.4) is 0 Å². The summed E-state index contributed by atoms with van der Waals surface area (Å²) in [7, 11) is 0. The molecule has 0 aliphatic heterocycles. The van der Waals surface area contributed by atoms with Crippen molar-refractivity contribution in [2.24, 2.45) is 0 Å². The lowest BCUT2D eigenvalue weighted by Crippen LogP contribution is -3.14. The molecule has 0 saturated heterocycles. The number of carbonyl (C=O) groups excluding carboxylic acids is 2. The van der Waals surface area contributed by atoms with Crippen LogP contribution in [0, 0.1) is 24.4 Å². The van der Waals surface area contributed by atoms with Gasteiger partial charge in [-0.3, -0.25) is 9.59 Å². The summed E-state index contributed by atoms with van der Waals surface area (Å²) in [5, 5.41) is 4.98. The van der Waals surface area contributed by atoms with Crippen LogP contribution in [-0.4, -0.2) is 31.4 Å². The summed E-state index contributed by atoms with van der Waals surface area (Å²) in [6.07, 6.45) is 0.722. The Morgan fingerprint density at radius 2 is 1.50 bits per heavy atom. The lowest BCUT2D eigenvalue weighted by Gasteiger charge is -2.18. The van der Waals surface area contributed by atoms with Gasteiger partial charge in [0, 0.05) is 5.69 Å². The minimum absolute atomic E-state index is 0.0371. The SMILES string of the molecule is CCC[NH+](CC(=O)Nc1ccc(C)cc1)CC(=O)Nc1ccc(F)c(F)c1F. The van der Waals surface area contributed by atoms with Gasteiger partial charge in [0.05, 0.1) is 12.2 Å². The Hall–Kier alpha value is -2.87. The van der Waals surface area contributed by atoms with Crippen molar-refractivity contribution in [2.45, 2.75) is 20.3 Å². The van der Waals surface area contributed by atoms with E-state index in [0.717, 1.165) is 24.1 Å². The van der Waals surface area contributed by atoms with E-state index in [9.17, 15) is 22.8 Å². The molecule has 0 radical (unpaired) electrons. The number of nitrogens with one attached hydrogen (secondary N) is 3. The van der Waals surface area contributed by atoms with Gasteiger partial charge in [0.2, 0.25) is 0 Å². The van der Waals surface area contributed by atoms with Gasteiger partial charge < -0.3 is 15.5 Å². The Bertz CT molecular complexity index is 841. The maximum absolute atomic E-state index is 13.7. The van der Waals surface area contributed by atoms with Gasteiger partial charge in [-0.25, -0.2) is 13.2 Å². The van der Waals surface area contributed by atoms with E-state index in [2.05, 4.69) is 10.6 Å². The zero-order valence-electron chi connectivity index (χ0n) is 15.7. The van der Waals surface area contributed by atoms with E-state index < -0.39 is 29.0 Å². The van der Waals surface area contributed by atoms with Gasteiger partial charge in [-0.15, -0.1) is 0 Å². The molecular formula is C20H23F3N3O2+. The standard InChI is InChI=1S/C20H22F3N3O2/c1-3-10-26(11-17(27)24-14-6-4-13(2)5-7-14)12-18(28)25-16-9-8-15(21)19(22)20(16)23/h4-9H,3,10-12H2,1-2H3,(H,24,27)(H,25,28)/p+1. The Labute approximate surface area is 161 Å². The summed E-state index contributed by atoms with van der Waals surface area (Å²) in [4.78, 5) is 25.1. The first-order valence-corrected chi connectivity index (χ1v) is 8.93. The van der Waals surface area contributed by atoms with Gasteiger partial charge in [0.1, 0.15) is 0 Å². The van der Waals surface area contributed by atoms with Gasteiger partial charge in [-0.2, -0.15) is 0 Å². The quantitative estimate of drug-likeness (QED) is 0.602. The van der Waals surface area contributed by atoms with Crippen LogP contribution < -0.4 is 15.5 Å². The predicted octanol–water partition coefficient (Wildman–Crippen LogP) is 2.28. The van der Waals surface area contributed by atoms with Gasteiger partial charge in [-0.05, 0) is 37.6 Å². The number of amides is 2. The minimum Gasteiger partial charge on any atom is -0.321 e. The molecule has 28 heavy (non-hydrogen) atoms. The molecule has 2 amide bonds. The molecule has 150 valence electrons. The number of anilines is 2. The molecule has 3 N–H and O–H groups in total. The minimum atomic E-state index is -1.65. The highest BCUT2D eigenvalue weighted by Gasteiger charge is 2.20. The summed E-state index contributed by atoms with van der Waals surface area (Å²) in [6.45, 7) is 4.30. The molecule has 0 aliphatic rings. The van der Waals surface area contributed by atoms with Crippen LogP contribution >= 0.6 is 0 Å². The second-order valence-corrected chi connectivity index (χ2v) is 6.54. The van der Waals surface area contributed by atoms with Crippen molar-refractivity contribution < 1.29 is 27.7 Å². The fraction of sp³-hybridized carbons (Fsp3) is 0.300. The molecular weight excluding hydrogens is 371 g/mol. The second-order valence-electron chi connectivity index (χ2n) is 6.54. The molecule has 2 aromatic rings. The summed E-state index contributed by atoms with van der Waals surface area (Å²) < 4.78 is 39.9. The molecule has 0 heterocycles. The lowest BCUT2D eigenvalue weighted by molar-refractivity contribution is -0.883. The molecule has 5 nitrogen and oxygen atoms in total. The van der Waals surface area contributed by atoms with Gasteiger partial charge in [0.25, 0.3) is 11.8 Å². The third-order valence-electron chi connectivity index (χ3n) is 4.07. The van der Waals surface area contributed by atoms with E-state index in [1.54, 1.807) is 12.1 Å². The summed E-state index contributed by atoms with van der Waals surface area (Å²) in [5.41, 5.74) is 1.28. The first-order chi connectivity index (χ1) is 13.3. The van der Waals surface area contributed by atoms with Crippen molar-refractivity contribution in [3.05, 3.63) is 59.4 Å². The molecule has 2 aromatic carbocycles. The molecule has 2 rings (SSSR count). The van der Waals surface area contributed by atoms with Gasteiger partial charge in [0.15, 0.2) is 30.5 Å². The maximum Gasteiger partial charge on any atom is 0.279 e. The number of carbonyl (C=O) groups is 2. The van der Waals surface area contributed by atoms with E-state index in [-0.39, 0.29) is 19.0 Å². The molecule has 1 unspecified atom stereocenters. The third-order valence-corrected chi connectivity index (χ3v) is 4.07. The van der Waals surface area contributed by atoms with Crippen molar-refractivity contribution >= 4 is 23.2 Å². The Morgan fingerprint density at radius 1 is 0.893 bits per heavy atom. The average molecular weight is 394 g/mol. The first kappa shape index (κ1) is 21.4. The van der Waals surface area contributed by atoms with E-state index >= 15 is 0 Å². The highest BCUT2D eigenvalue weighted by Crippen LogP contribution is 2.19. The monoisotopic (exact) mass is 394 g/mol. The van der Waals surface area contributed by atoms with Crippen LogP contribution in [0.2, 0.25) is 0 Å². The normalized spacial score (nSPS) is 11.8. The molecule has 1 atom stereocenters. The smallest absolute Gasteiger partial charge is 0.279 e. The number of benzene rings is 2. The fourth-order valence-corrected chi connectivity index (χ4v) is 2.71. The van der Waals surface area contributed by atoms with Crippen LogP contribution in [0.25, 0.3) is 0 Å². The highest BCUT2D eigenvalue weighted by molar-refractivity contribution is 5.93. The van der Waals surface area contributed by atoms with E-state index in [0.29, 0.717) is 17.1 Å². The van der Waals surface area contributed by atoms with Crippen LogP contribution in [0.5, 0.6) is 0 Å². The van der Waals surface area contributed by atoms with E-state index in [1.165, 1.54) is 0 Å². The summed E-state index contributed by atoms with van der Waals surface area (Å²) >= 11 is 0. The van der Waals surface area contributed by atoms with Gasteiger partial charge in [-0.1, -0.05) is 24.6 Å². The highest BCUT2D eigenvalue weighted by atomic mass is 19.2. The predicted molar refractivity (Wildman–Crippen MR) is 101 cm³/mol. The van der Waals surface area contributed by atoms with Crippen LogP contribution in [0.1, 0.15) is 18.9 Å². The second kappa shape index (κ2) is 9.89. The van der Waals surface area contributed by atoms with Crippen molar-refractivity contribution in [1.82, 2.24) is 0 Å². The Balaban J connectivity index is 1.95. The first-order valence-electron chi connectivity index (χ1n) is 8.93. The fourth-order valence-electron chi connectivity index (χ4n) is 2.71.